The number of carbonyl (C=O) groups is 1. The Morgan fingerprint density at radius 3 is 2.53 bits per heavy atom. The first-order valence-corrected chi connectivity index (χ1v) is 9.49. The Kier molecular flexibility index (Phi) is 5.55. The van der Waals surface area contributed by atoms with Gasteiger partial charge in [-0.15, -0.1) is 0 Å². The molecule has 1 aromatic heterocycles. The third kappa shape index (κ3) is 4.21. The van der Waals surface area contributed by atoms with Crippen LogP contribution in [0.1, 0.15) is 16.8 Å². The van der Waals surface area contributed by atoms with Crippen molar-refractivity contribution in [2.24, 2.45) is 0 Å². The number of amides is 1. The second-order valence-electron chi connectivity index (χ2n) is 7.18. The molecule has 30 heavy (non-hydrogen) atoms. The first kappa shape index (κ1) is 19.7. The number of hydrogen-bond donors (Lipinski definition) is 0. The molecule has 0 saturated carbocycles. The van der Waals surface area contributed by atoms with Gasteiger partial charge in [-0.25, -0.2) is 13.8 Å². The van der Waals surface area contributed by atoms with Gasteiger partial charge in [0.15, 0.2) is 11.6 Å². The van der Waals surface area contributed by atoms with Gasteiger partial charge in [0.2, 0.25) is 5.91 Å². The Labute approximate surface area is 172 Å². The molecule has 2 heterocycles. The third-order valence-corrected chi connectivity index (χ3v) is 5.13. The summed E-state index contributed by atoms with van der Waals surface area (Å²) in [5, 5.41) is 8.91. The minimum Gasteiger partial charge on any atom is -0.329 e. The van der Waals surface area contributed by atoms with Gasteiger partial charge in [-0.2, -0.15) is 5.26 Å². The maximum absolute atomic E-state index is 13.5. The van der Waals surface area contributed by atoms with E-state index in [9.17, 15) is 13.6 Å². The average molecular weight is 407 g/mol. The van der Waals surface area contributed by atoms with Crippen LogP contribution in [0.4, 0.5) is 14.5 Å². The quantitative estimate of drug-likeness (QED) is 0.652. The fourth-order valence-electron chi connectivity index (χ4n) is 3.52. The normalized spacial score (nSPS) is 14.7. The SMILES string of the molecule is N#Cc1ccc(Cn2cncc2CN2CCN(c3ccc(F)c(F)c3)C(=O)C2)cc1. The molecule has 0 spiro atoms. The molecule has 4 rings (SSSR count). The first-order valence-electron chi connectivity index (χ1n) is 9.49. The summed E-state index contributed by atoms with van der Waals surface area (Å²) >= 11 is 0. The van der Waals surface area contributed by atoms with Crippen molar-refractivity contribution >= 4 is 11.6 Å². The van der Waals surface area contributed by atoms with Crippen LogP contribution in [0.25, 0.3) is 0 Å². The van der Waals surface area contributed by atoms with Crippen molar-refractivity contribution in [2.45, 2.75) is 13.1 Å². The van der Waals surface area contributed by atoms with Crippen LogP contribution in [-0.4, -0.2) is 40.0 Å². The Hall–Kier alpha value is -3.57. The summed E-state index contributed by atoms with van der Waals surface area (Å²) in [5.74, 6) is -2.06. The van der Waals surface area contributed by atoms with Crippen molar-refractivity contribution in [3.05, 3.63) is 83.4 Å². The molecule has 1 aliphatic heterocycles. The van der Waals surface area contributed by atoms with Crippen LogP contribution in [0.3, 0.4) is 0 Å². The first-order chi connectivity index (χ1) is 14.5. The number of anilines is 1. The predicted octanol–water partition coefficient (Wildman–Crippen LogP) is 2.93. The molecule has 0 bridgehead atoms. The van der Waals surface area contributed by atoms with Gasteiger partial charge < -0.3 is 9.47 Å². The molecule has 8 heteroatoms. The number of imidazole rings is 1. The van der Waals surface area contributed by atoms with Gasteiger partial charge in [-0.3, -0.25) is 9.69 Å². The van der Waals surface area contributed by atoms with E-state index in [1.807, 2.05) is 21.6 Å². The zero-order chi connectivity index (χ0) is 21.1. The maximum atomic E-state index is 13.5. The van der Waals surface area contributed by atoms with E-state index < -0.39 is 11.6 Å². The molecule has 1 amide bonds. The molecule has 0 aliphatic carbocycles. The molecule has 0 radical (unpaired) electrons. The van der Waals surface area contributed by atoms with Crippen molar-refractivity contribution in [3.8, 4) is 6.07 Å². The van der Waals surface area contributed by atoms with Crippen LogP contribution in [0.5, 0.6) is 0 Å². The number of aromatic nitrogens is 2. The topological polar surface area (TPSA) is 65.2 Å². The monoisotopic (exact) mass is 407 g/mol. The molecule has 0 unspecified atom stereocenters. The van der Waals surface area contributed by atoms with Crippen LogP contribution in [0.15, 0.2) is 55.0 Å². The van der Waals surface area contributed by atoms with E-state index in [4.69, 9.17) is 5.26 Å². The van der Waals surface area contributed by atoms with Crippen molar-refractivity contribution in [3.63, 3.8) is 0 Å². The minimum absolute atomic E-state index is 0.162. The smallest absolute Gasteiger partial charge is 0.241 e. The Balaban J connectivity index is 1.40. The molecule has 6 nitrogen and oxygen atoms in total. The summed E-state index contributed by atoms with van der Waals surface area (Å²) in [5.41, 5.74) is 2.99. The van der Waals surface area contributed by atoms with Crippen LogP contribution in [-0.2, 0) is 17.9 Å². The van der Waals surface area contributed by atoms with Crippen molar-refractivity contribution in [1.82, 2.24) is 14.5 Å². The third-order valence-electron chi connectivity index (χ3n) is 5.13. The van der Waals surface area contributed by atoms with Gasteiger partial charge in [0.1, 0.15) is 0 Å². The highest BCUT2D eigenvalue weighted by Gasteiger charge is 2.26. The number of carbonyl (C=O) groups excluding carboxylic acids is 1. The molecular formula is C22H19F2N5O. The van der Waals surface area contributed by atoms with E-state index >= 15 is 0 Å². The number of nitrogens with zero attached hydrogens (tertiary/aromatic N) is 5. The molecule has 2 aromatic carbocycles. The fourth-order valence-corrected chi connectivity index (χ4v) is 3.52. The Morgan fingerprint density at radius 2 is 1.83 bits per heavy atom. The van der Waals surface area contributed by atoms with E-state index in [1.54, 1.807) is 24.7 Å². The lowest BCUT2D eigenvalue weighted by molar-refractivity contribution is -0.121. The molecule has 1 fully saturated rings. The number of piperazine rings is 1. The average Bonchev–Trinajstić information content (AvgIpc) is 3.17. The van der Waals surface area contributed by atoms with E-state index in [-0.39, 0.29) is 12.5 Å². The number of hydrogen-bond acceptors (Lipinski definition) is 4. The fraction of sp³-hybridized carbons (Fsp3) is 0.227. The van der Waals surface area contributed by atoms with Gasteiger partial charge in [0, 0.05) is 44.1 Å². The van der Waals surface area contributed by atoms with Crippen LogP contribution in [0.2, 0.25) is 0 Å². The van der Waals surface area contributed by atoms with Crippen LogP contribution >= 0.6 is 0 Å². The lowest BCUT2D eigenvalue weighted by atomic mass is 10.1. The highest BCUT2D eigenvalue weighted by atomic mass is 19.2. The number of halogens is 2. The largest absolute Gasteiger partial charge is 0.329 e. The summed E-state index contributed by atoms with van der Waals surface area (Å²) in [6, 6.07) is 13.0. The maximum Gasteiger partial charge on any atom is 0.241 e. The van der Waals surface area contributed by atoms with E-state index in [0.717, 1.165) is 23.4 Å². The predicted molar refractivity (Wildman–Crippen MR) is 106 cm³/mol. The van der Waals surface area contributed by atoms with Crippen LogP contribution in [0, 0.1) is 23.0 Å². The Bertz CT molecular complexity index is 1100. The summed E-state index contributed by atoms with van der Waals surface area (Å²) < 4.78 is 28.7. The van der Waals surface area contributed by atoms with Gasteiger partial charge >= 0.3 is 0 Å². The van der Waals surface area contributed by atoms with E-state index in [0.29, 0.717) is 37.4 Å². The molecule has 152 valence electrons. The van der Waals surface area contributed by atoms with E-state index in [1.165, 1.54) is 11.0 Å². The van der Waals surface area contributed by atoms with E-state index in [2.05, 4.69) is 11.1 Å². The highest BCUT2D eigenvalue weighted by Crippen LogP contribution is 2.21. The molecule has 1 saturated heterocycles. The zero-order valence-electron chi connectivity index (χ0n) is 16.1. The van der Waals surface area contributed by atoms with Gasteiger partial charge in [-0.05, 0) is 29.8 Å². The molecular weight excluding hydrogens is 388 g/mol. The molecule has 0 N–H and O–H groups in total. The lowest BCUT2D eigenvalue weighted by Gasteiger charge is -2.34. The molecule has 0 atom stereocenters. The number of nitriles is 1. The summed E-state index contributed by atoms with van der Waals surface area (Å²) in [7, 11) is 0. The van der Waals surface area contributed by atoms with Gasteiger partial charge in [0.25, 0.3) is 0 Å². The van der Waals surface area contributed by atoms with Crippen molar-refractivity contribution in [2.75, 3.05) is 24.5 Å². The summed E-state index contributed by atoms with van der Waals surface area (Å²) in [6.07, 6.45) is 3.52. The van der Waals surface area contributed by atoms with Gasteiger partial charge in [-0.1, -0.05) is 12.1 Å². The van der Waals surface area contributed by atoms with Crippen molar-refractivity contribution in [1.29, 1.82) is 5.26 Å². The number of benzene rings is 2. The standard InChI is InChI=1S/C22H19F2N5O/c23-20-6-5-18(9-21(20)24)29-8-7-27(14-22(29)30)13-19-11-26-15-28(19)12-17-3-1-16(10-25)2-4-17/h1-6,9,11,15H,7-8,12-14H2. The summed E-state index contributed by atoms with van der Waals surface area (Å²) in [6.45, 7) is 2.35. The second kappa shape index (κ2) is 8.43. The highest BCUT2D eigenvalue weighted by molar-refractivity contribution is 5.95. The zero-order valence-corrected chi connectivity index (χ0v) is 16.1. The Morgan fingerprint density at radius 1 is 1.03 bits per heavy atom. The number of rotatable bonds is 5. The minimum atomic E-state index is -0.963. The van der Waals surface area contributed by atoms with Crippen molar-refractivity contribution < 1.29 is 13.6 Å². The lowest BCUT2D eigenvalue weighted by Crippen LogP contribution is -2.50. The van der Waals surface area contributed by atoms with Gasteiger partial charge in [0.05, 0.1) is 30.2 Å². The molecule has 3 aromatic rings. The molecule has 1 aliphatic rings. The summed E-state index contributed by atoms with van der Waals surface area (Å²) in [4.78, 5) is 20.3. The second-order valence-corrected chi connectivity index (χ2v) is 7.18. The van der Waals surface area contributed by atoms with Crippen LogP contribution < -0.4 is 4.90 Å².